The largest absolute Gasteiger partial charge is 0.493 e. The molecule has 262 valence electrons. The molecule has 0 radical (unpaired) electrons. The summed E-state index contributed by atoms with van der Waals surface area (Å²) in [6.07, 6.45) is 0.370. The molecule has 1 aromatic heterocycles. The number of piperazine rings is 1. The van der Waals surface area contributed by atoms with Crippen LogP contribution in [0.3, 0.4) is 0 Å². The van der Waals surface area contributed by atoms with E-state index in [1.807, 2.05) is 13.8 Å². The normalized spacial score (nSPS) is 21.0. The molecule has 49 heavy (non-hydrogen) atoms. The number of aromatic nitrogens is 4. The maximum Gasteiger partial charge on any atom is 0.265 e. The van der Waals surface area contributed by atoms with Gasteiger partial charge in [0.2, 0.25) is 5.91 Å². The first-order chi connectivity index (χ1) is 23.6. The van der Waals surface area contributed by atoms with Crippen molar-refractivity contribution in [3.8, 4) is 11.5 Å². The van der Waals surface area contributed by atoms with Crippen LogP contribution >= 0.6 is 0 Å². The Morgan fingerprint density at radius 2 is 1.76 bits per heavy atom. The third-order valence-corrected chi connectivity index (χ3v) is 8.99. The fourth-order valence-corrected chi connectivity index (χ4v) is 5.93. The molecule has 2 N–H and O–H groups in total. The van der Waals surface area contributed by atoms with E-state index in [9.17, 15) is 19.2 Å². The van der Waals surface area contributed by atoms with E-state index in [2.05, 4.69) is 38.0 Å². The van der Waals surface area contributed by atoms with Gasteiger partial charge in [-0.25, -0.2) is 4.68 Å². The fourth-order valence-electron chi connectivity index (χ4n) is 5.93. The summed E-state index contributed by atoms with van der Waals surface area (Å²) in [5, 5.41) is 17.1. The zero-order valence-corrected chi connectivity index (χ0v) is 28.7. The predicted molar refractivity (Wildman–Crippen MR) is 179 cm³/mol. The zero-order chi connectivity index (χ0) is 35.1. The summed E-state index contributed by atoms with van der Waals surface area (Å²) in [5.41, 5.74) is 1.56. The number of methoxy groups -OCH3 is 1. The molecular weight excluding hydrogens is 630 g/mol. The number of hydrogen-bond acceptors (Lipinski definition) is 10. The van der Waals surface area contributed by atoms with Crippen LogP contribution in [0.4, 0.5) is 0 Å². The highest BCUT2D eigenvalue weighted by atomic mass is 16.5. The summed E-state index contributed by atoms with van der Waals surface area (Å²) >= 11 is 0. The van der Waals surface area contributed by atoms with Crippen LogP contribution in [-0.2, 0) is 16.1 Å². The molecule has 15 nitrogen and oxygen atoms in total. The number of hydrogen-bond donors (Lipinski definition) is 2. The number of carbonyl (C=O) groups is 4. The molecule has 3 atom stereocenters. The molecule has 1 fully saturated rings. The van der Waals surface area contributed by atoms with Crippen molar-refractivity contribution in [2.45, 2.75) is 52.4 Å². The first-order valence-electron chi connectivity index (χ1n) is 16.6. The number of carbonyl (C=O) groups excluding carboxylic acids is 4. The molecule has 1 saturated heterocycles. The molecule has 0 unspecified atom stereocenters. The number of fused-ring (bicyclic) bond motifs is 2. The number of nitrogens with zero attached hydrogens (tertiary/aromatic N) is 7. The maximum absolute atomic E-state index is 14.0. The van der Waals surface area contributed by atoms with Crippen LogP contribution < -0.4 is 20.1 Å². The molecule has 5 rings (SSSR count). The van der Waals surface area contributed by atoms with Crippen LogP contribution in [0.5, 0.6) is 11.5 Å². The Kier molecular flexibility index (Phi) is 11.4. The van der Waals surface area contributed by atoms with Gasteiger partial charge in [-0.3, -0.25) is 19.2 Å². The van der Waals surface area contributed by atoms with Crippen molar-refractivity contribution >= 4 is 23.6 Å². The molecule has 2 bridgehead atoms. The Bertz CT molecular complexity index is 1610. The second kappa shape index (κ2) is 15.9. The zero-order valence-electron chi connectivity index (χ0n) is 28.7. The van der Waals surface area contributed by atoms with E-state index in [0.717, 1.165) is 25.2 Å². The second-order valence-electron chi connectivity index (χ2n) is 12.7. The molecule has 0 aliphatic carbocycles. The van der Waals surface area contributed by atoms with Crippen molar-refractivity contribution in [1.82, 2.24) is 45.5 Å². The van der Waals surface area contributed by atoms with E-state index in [0.29, 0.717) is 36.5 Å². The highest BCUT2D eigenvalue weighted by molar-refractivity contribution is 5.97. The Hall–Kier alpha value is -5.05. The number of likely N-dealkylation sites (N-methyl/N-ethyl adjacent to an activating group) is 1. The highest BCUT2D eigenvalue weighted by Gasteiger charge is 2.36. The van der Waals surface area contributed by atoms with Gasteiger partial charge in [-0.1, -0.05) is 32.9 Å². The lowest BCUT2D eigenvalue weighted by atomic mass is 10.0. The Labute approximate surface area is 285 Å². The molecule has 3 aromatic rings. The summed E-state index contributed by atoms with van der Waals surface area (Å²) in [4.78, 5) is 60.7. The quantitative estimate of drug-likeness (QED) is 0.370. The molecule has 2 aromatic carbocycles. The smallest absolute Gasteiger partial charge is 0.265 e. The summed E-state index contributed by atoms with van der Waals surface area (Å²) < 4.78 is 13.4. The van der Waals surface area contributed by atoms with Gasteiger partial charge in [0.25, 0.3) is 17.7 Å². The van der Waals surface area contributed by atoms with E-state index >= 15 is 0 Å². The van der Waals surface area contributed by atoms with Gasteiger partial charge in [0, 0.05) is 49.9 Å². The molecule has 2 aliphatic rings. The van der Waals surface area contributed by atoms with Crippen molar-refractivity contribution in [1.29, 1.82) is 0 Å². The SMILES string of the molecule is CCN1CCN(C(=O)[C@@H]2Oc3cc(ccc3OC)C(=O)N[C@@H](C(C)C)CN(C(=O)c3ccc(Cn4cnnn4)cc3)CC(=O)N[C@H]2C)CC1. The van der Waals surface area contributed by atoms with E-state index < -0.39 is 30.0 Å². The monoisotopic (exact) mass is 675 g/mol. The average Bonchev–Trinajstić information content (AvgIpc) is 3.62. The number of rotatable bonds is 7. The lowest BCUT2D eigenvalue weighted by molar-refractivity contribution is -0.142. The first-order valence-corrected chi connectivity index (χ1v) is 16.6. The molecule has 15 heteroatoms. The van der Waals surface area contributed by atoms with Gasteiger partial charge in [0.1, 0.15) is 6.33 Å². The van der Waals surface area contributed by atoms with Crippen LogP contribution in [0, 0.1) is 5.92 Å². The van der Waals surface area contributed by atoms with E-state index in [4.69, 9.17) is 9.47 Å². The number of nitrogens with one attached hydrogen (secondary N) is 2. The standard InChI is InChI=1S/C34H45N9O6/c1-6-40-13-15-41(16-14-40)34(47)31-23(4)36-30(44)20-42(33(46)25-9-7-24(8-10-25)18-43-21-35-38-39-43)19-27(22(2)3)37-32(45)26-11-12-28(48-5)29(17-26)49-31/h7-12,17,21-23,27,31H,6,13-16,18-20H2,1-5H3,(H,36,44)(H,37,45)/t23-,27+,31+/m0/s1. The van der Waals surface area contributed by atoms with Crippen molar-refractivity contribution in [3.05, 3.63) is 65.5 Å². The number of ether oxygens (including phenoxy) is 2. The molecule has 3 heterocycles. The summed E-state index contributed by atoms with van der Waals surface area (Å²) in [6.45, 7) is 11.2. The Morgan fingerprint density at radius 3 is 2.39 bits per heavy atom. The van der Waals surface area contributed by atoms with Crippen LogP contribution in [0.1, 0.15) is 54.0 Å². The Balaban J connectivity index is 1.45. The van der Waals surface area contributed by atoms with Crippen molar-refractivity contribution in [2.75, 3.05) is 52.9 Å². The summed E-state index contributed by atoms with van der Waals surface area (Å²) in [7, 11) is 1.48. The molecule has 2 aliphatic heterocycles. The van der Waals surface area contributed by atoms with Crippen LogP contribution in [0.25, 0.3) is 0 Å². The third-order valence-electron chi connectivity index (χ3n) is 8.99. The predicted octanol–water partition coefficient (Wildman–Crippen LogP) is 1.06. The van der Waals surface area contributed by atoms with Crippen LogP contribution in [0.15, 0.2) is 48.8 Å². The van der Waals surface area contributed by atoms with Crippen molar-refractivity contribution in [3.63, 3.8) is 0 Å². The molecule has 4 amide bonds. The summed E-state index contributed by atoms with van der Waals surface area (Å²) in [6, 6.07) is 10.5. The first kappa shape index (κ1) is 35.3. The number of tetrazole rings is 1. The lowest BCUT2D eigenvalue weighted by Crippen LogP contribution is -2.58. The van der Waals surface area contributed by atoms with Crippen LogP contribution in [-0.4, -0.2) is 130 Å². The van der Waals surface area contributed by atoms with E-state index in [-0.39, 0.29) is 36.6 Å². The van der Waals surface area contributed by atoms with Gasteiger partial charge in [0.15, 0.2) is 17.6 Å². The summed E-state index contributed by atoms with van der Waals surface area (Å²) in [5.74, 6) is -1.07. The van der Waals surface area contributed by atoms with Gasteiger partial charge in [-0.2, -0.15) is 0 Å². The fraction of sp³-hybridized carbons (Fsp3) is 0.500. The van der Waals surface area contributed by atoms with Gasteiger partial charge in [0.05, 0.1) is 26.2 Å². The van der Waals surface area contributed by atoms with E-state index in [1.54, 1.807) is 59.0 Å². The molecule has 0 spiro atoms. The second-order valence-corrected chi connectivity index (χ2v) is 12.7. The van der Waals surface area contributed by atoms with Gasteiger partial charge in [-0.15, -0.1) is 5.10 Å². The minimum Gasteiger partial charge on any atom is -0.493 e. The Morgan fingerprint density at radius 1 is 1.02 bits per heavy atom. The van der Waals surface area contributed by atoms with Crippen LogP contribution in [0.2, 0.25) is 0 Å². The minimum atomic E-state index is -1.13. The lowest BCUT2D eigenvalue weighted by Gasteiger charge is -2.37. The molecule has 0 saturated carbocycles. The van der Waals surface area contributed by atoms with Crippen molar-refractivity contribution < 1.29 is 28.7 Å². The van der Waals surface area contributed by atoms with Gasteiger partial charge < -0.3 is 34.8 Å². The topological polar surface area (TPSA) is 164 Å². The van der Waals surface area contributed by atoms with Gasteiger partial charge in [-0.05, 0) is 65.7 Å². The van der Waals surface area contributed by atoms with Crippen molar-refractivity contribution in [2.24, 2.45) is 5.92 Å². The minimum absolute atomic E-state index is 0.0694. The molecular formula is C34H45N9O6. The average molecular weight is 676 g/mol. The third kappa shape index (κ3) is 8.71. The van der Waals surface area contributed by atoms with Gasteiger partial charge >= 0.3 is 0 Å². The highest BCUT2D eigenvalue weighted by Crippen LogP contribution is 2.30. The number of benzene rings is 2. The van der Waals surface area contributed by atoms with E-state index in [1.165, 1.54) is 18.3 Å². The number of amides is 4. The maximum atomic E-state index is 14.0.